The summed E-state index contributed by atoms with van der Waals surface area (Å²) in [5, 5.41) is 4.40. The van der Waals surface area contributed by atoms with Crippen LogP contribution in [-0.2, 0) is 4.74 Å². The van der Waals surface area contributed by atoms with Crippen molar-refractivity contribution < 1.29 is 14.3 Å². The molecule has 6 nitrogen and oxygen atoms in total. The number of fused-ring (bicyclic) bond motifs is 1. The van der Waals surface area contributed by atoms with Crippen LogP contribution in [0.4, 0.5) is 4.79 Å². The molecule has 1 atom stereocenters. The van der Waals surface area contributed by atoms with Gasteiger partial charge in [-0.2, -0.15) is 0 Å². The number of nitrogens with zero attached hydrogens (tertiary/aromatic N) is 1. The summed E-state index contributed by atoms with van der Waals surface area (Å²) in [4.78, 5) is 29.4. The number of nitrogens with one attached hydrogen (secondary N) is 2. The van der Waals surface area contributed by atoms with Gasteiger partial charge in [0.25, 0.3) is 5.91 Å². The van der Waals surface area contributed by atoms with Crippen molar-refractivity contribution >= 4 is 46.1 Å². The minimum Gasteiger partial charge on any atom is -0.444 e. The van der Waals surface area contributed by atoms with Crippen molar-refractivity contribution in [3.63, 3.8) is 0 Å². The van der Waals surface area contributed by atoms with E-state index < -0.39 is 11.7 Å². The highest BCUT2D eigenvalue weighted by Gasteiger charge is 2.28. The van der Waals surface area contributed by atoms with Crippen molar-refractivity contribution in [2.24, 2.45) is 5.92 Å². The number of aromatic amines is 1. The molecule has 0 saturated carbocycles. The van der Waals surface area contributed by atoms with Gasteiger partial charge in [-0.15, -0.1) is 0 Å². The molecule has 2 N–H and O–H groups in total. The molecular weight excluding hydrogens is 389 g/mol. The van der Waals surface area contributed by atoms with Crippen LogP contribution in [0.5, 0.6) is 0 Å². The van der Waals surface area contributed by atoms with Crippen LogP contribution >= 0.6 is 23.2 Å². The molecule has 27 heavy (non-hydrogen) atoms. The number of rotatable bonds is 3. The van der Waals surface area contributed by atoms with Gasteiger partial charge in [0.1, 0.15) is 11.3 Å². The fraction of sp³-hybridized carbons (Fsp3) is 0.474. The molecule has 2 heterocycles. The highest BCUT2D eigenvalue weighted by Crippen LogP contribution is 2.31. The normalized spacial score (nSPS) is 17.4. The summed E-state index contributed by atoms with van der Waals surface area (Å²) in [5.74, 6) is 0.113. The van der Waals surface area contributed by atoms with Crippen LogP contribution in [-0.4, -0.2) is 47.1 Å². The van der Waals surface area contributed by atoms with E-state index in [1.54, 1.807) is 23.1 Å². The smallest absolute Gasteiger partial charge is 0.407 e. The van der Waals surface area contributed by atoms with Crippen molar-refractivity contribution in [1.29, 1.82) is 0 Å². The number of carbonyl (C=O) groups excluding carboxylic acids is 2. The summed E-state index contributed by atoms with van der Waals surface area (Å²) in [6.45, 7) is 7.17. The first-order chi connectivity index (χ1) is 12.6. The highest BCUT2D eigenvalue weighted by molar-refractivity contribution is 6.45. The van der Waals surface area contributed by atoms with E-state index in [0.717, 1.165) is 17.3 Å². The molecule has 0 radical (unpaired) electrons. The van der Waals surface area contributed by atoms with Crippen molar-refractivity contribution in [3.05, 3.63) is 33.9 Å². The molecule has 3 rings (SSSR count). The molecule has 0 unspecified atom stereocenters. The topological polar surface area (TPSA) is 74.4 Å². The van der Waals surface area contributed by atoms with Crippen LogP contribution in [0.1, 0.15) is 37.7 Å². The third-order valence-electron chi connectivity index (χ3n) is 4.43. The number of benzene rings is 1. The second-order valence-corrected chi connectivity index (χ2v) is 8.58. The summed E-state index contributed by atoms with van der Waals surface area (Å²) in [6, 6.07) is 5.24. The molecule has 0 bridgehead atoms. The van der Waals surface area contributed by atoms with Crippen LogP contribution in [0.25, 0.3) is 10.9 Å². The van der Waals surface area contributed by atoms with Gasteiger partial charge in [0, 0.05) is 30.5 Å². The lowest BCUT2D eigenvalue weighted by molar-refractivity contribution is 0.0520. The van der Waals surface area contributed by atoms with E-state index in [1.165, 1.54) is 0 Å². The van der Waals surface area contributed by atoms with Gasteiger partial charge in [-0.3, -0.25) is 4.79 Å². The fourth-order valence-electron chi connectivity index (χ4n) is 3.15. The number of hydrogen-bond donors (Lipinski definition) is 2. The number of halogens is 2. The van der Waals surface area contributed by atoms with Gasteiger partial charge >= 0.3 is 6.09 Å². The second kappa shape index (κ2) is 7.60. The zero-order valence-corrected chi connectivity index (χ0v) is 17.1. The average Bonchev–Trinajstić information content (AvgIpc) is 3.21. The lowest BCUT2D eigenvalue weighted by atomic mass is 10.1. The standard InChI is InChI=1S/C19H23Cl2N3O3/c1-19(2,3)27-18(26)22-9-11-6-7-24(10-11)17(25)15-8-12-14(23-15)5-4-13(20)16(12)21/h4-5,8,11,23H,6-7,9-10H2,1-3H3,(H,22,26)/t11-/m0/s1. The van der Waals surface area contributed by atoms with Crippen molar-refractivity contribution in [2.45, 2.75) is 32.8 Å². The van der Waals surface area contributed by atoms with E-state index >= 15 is 0 Å². The highest BCUT2D eigenvalue weighted by atomic mass is 35.5. The van der Waals surface area contributed by atoms with E-state index in [2.05, 4.69) is 10.3 Å². The number of ether oxygens (including phenoxy) is 1. The van der Waals surface area contributed by atoms with E-state index in [9.17, 15) is 9.59 Å². The first-order valence-electron chi connectivity index (χ1n) is 8.87. The third-order valence-corrected chi connectivity index (χ3v) is 5.25. The summed E-state index contributed by atoms with van der Waals surface area (Å²) < 4.78 is 5.24. The summed E-state index contributed by atoms with van der Waals surface area (Å²) >= 11 is 12.3. The molecule has 2 amide bonds. The second-order valence-electron chi connectivity index (χ2n) is 7.79. The summed E-state index contributed by atoms with van der Waals surface area (Å²) in [5.41, 5.74) is 0.728. The Hall–Kier alpha value is -1.92. The maximum absolute atomic E-state index is 12.8. The molecule has 1 saturated heterocycles. The molecule has 1 aliphatic rings. The molecule has 1 aromatic heterocycles. The lowest BCUT2D eigenvalue weighted by Crippen LogP contribution is -2.36. The van der Waals surface area contributed by atoms with Gasteiger partial charge in [0.15, 0.2) is 0 Å². The Labute approximate surface area is 168 Å². The van der Waals surface area contributed by atoms with Gasteiger partial charge in [0.05, 0.1) is 10.0 Å². The SMILES string of the molecule is CC(C)(C)OC(=O)NC[C@@H]1CCN(C(=O)c2cc3c(Cl)c(Cl)ccc3[nH]2)C1. The van der Waals surface area contributed by atoms with E-state index in [0.29, 0.717) is 35.4 Å². The maximum Gasteiger partial charge on any atom is 0.407 e. The van der Waals surface area contributed by atoms with Crippen molar-refractivity contribution in [2.75, 3.05) is 19.6 Å². The lowest BCUT2D eigenvalue weighted by Gasteiger charge is -2.21. The fourth-order valence-corrected chi connectivity index (χ4v) is 3.54. The van der Waals surface area contributed by atoms with E-state index in [4.69, 9.17) is 27.9 Å². The molecule has 8 heteroatoms. The zero-order chi connectivity index (χ0) is 19.8. The molecule has 0 aliphatic carbocycles. The quantitative estimate of drug-likeness (QED) is 0.782. The Kier molecular flexibility index (Phi) is 5.58. The number of H-pyrrole nitrogens is 1. The van der Waals surface area contributed by atoms with Gasteiger partial charge < -0.3 is 19.9 Å². The average molecular weight is 412 g/mol. The van der Waals surface area contributed by atoms with E-state index in [1.807, 2.05) is 20.8 Å². The number of aromatic nitrogens is 1. The number of likely N-dealkylation sites (tertiary alicyclic amines) is 1. The third kappa shape index (κ3) is 4.68. The Morgan fingerprint density at radius 1 is 1.33 bits per heavy atom. The molecule has 1 aromatic carbocycles. The summed E-state index contributed by atoms with van der Waals surface area (Å²) in [7, 11) is 0. The number of carbonyl (C=O) groups is 2. The monoisotopic (exact) mass is 411 g/mol. The van der Waals surface area contributed by atoms with Crippen molar-refractivity contribution in [1.82, 2.24) is 15.2 Å². The van der Waals surface area contributed by atoms with Crippen LogP contribution in [0.15, 0.2) is 18.2 Å². The van der Waals surface area contributed by atoms with Crippen LogP contribution in [0.2, 0.25) is 10.0 Å². The van der Waals surface area contributed by atoms with E-state index in [-0.39, 0.29) is 11.8 Å². The molecular formula is C19H23Cl2N3O3. The van der Waals surface area contributed by atoms with Gasteiger partial charge in [-0.05, 0) is 51.3 Å². The van der Waals surface area contributed by atoms with Crippen LogP contribution < -0.4 is 5.32 Å². The Balaban J connectivity index is 1.59. The Morgan fingerprint density at radius 2 is 2.07 bits per heavy atom. The zero-order valence-electron chi connectivity index (χ0n) is 15.6. The number of amides is 2. The molecule has 1 fully saturated rings. The van der Waals surface area contributed by atoms with Gasteiger partial charge in [-0.1, -0.05) is 23.2 Å². The number of alkyl carbamates (subject to hydrolysis) is 1. The van der Waals surface area contributed by atoms with Crippen LogP contribution in [0.3, 0.4) is 0 Å². The Bertz CT molecular complexity index is 873. The molecule has 1 aliphatic heterocycles. The first-order valence-corrected chi connectivity index (χ1v) is 9.62. The largest absolute Gasteiger partial charge is 0.444 e. The first kappa shape index (κ1) is 19.8. The van der Waals surface area contributed by atoms with Gasteiger partial charge in [0.2, 0.25) is 0 Å². The van der Waals surface area contributed by atoms with Crippen molar-refractivity contribution in [3.8, 4) is 0 Å². The molecule has 146 valence electrons. The summed E-state index contributed by atoms with van der Waals surface area (Å²) in [6.07, 6.45) is 0.392. The van der Waals surface area contributed by atoms with Crippen LogP contribution in [0, 0.1) is 5.92 Å². The maximum atomic E-state index is 12.8. The molecule has 2 aromatic rings. The molecule has 0 spiro atoms. The predicted molar refractivity (Wildman–Crippen MR) is 107 cm³/mol. The predicted octanol–water partition coefficient (Wildman–Crippen LogP) is 4.46. The Morgan fingerprint density at radius 3 is 2.78 bits per heavy atom. The minimum atomic E-state index is -0.526. The van der Waals surface area contributed by atoms with Gasteiger partial charge in [-0.25, -0.2) is 4.79 Å². The number of hydrogen-bond acceptors (Lipinski definition) is 3. The minimum absolute atomic E-state index is 0.0850.